The minimum absolute atomic E-state index is 0.0467. The Labute approximate surface area is 217 Å². The van der Waals surface area contributed by atoms with Crippen molar-refractivity contribution < 1.29 is 27.9 Å². The summed E-state index contributed by atoms with van der Waals surface area (Å²) >= 11 is 0. The van der Waals surface area contributed by atoms with Gasteiger partial charge in [-0.25, -0.2) is 13.6 Å². The van der Waals surface area contributed by atoms with Crippen LogP contribution in [0.2, 0.25) is 0 Å². The van der Waals surface area contributed by atoms with E-state index in [1.807, 2.05) is 20.8 Å². The highest BCUT2D eigenvalue weighted by molar-refractivity contribution is 6.01. The SMILES string of the molecule is CC(C)(C)OC(=O)N1CCC(F)(CN2CCC(c3ccc(NC4CCC(=O)NC4=O)cc3F)CC2)CC1. The lowest BCUT2D eigenvalue weighted by atomic mass is 9.87. The highest BCUT2D eigenvalue weighted by atomic mass is 19.1. The summed E-state index contributed by atoms with van der Waals surface area (Å²) in [7, 11) is 0. The van der Waals surface area contributed by atoms with Gasteiger partial charge in [0.2, 0.25) is 11.8 Å². The zero-order valence-corrected chi connectivity index (χ0v) is 21.9. The molecule has 0 saturated carbocycles. The highest BCUT2D eigenvalue weighted by Crippen LogP contribution is 2.34. The first-order valence-electron chi connectivity index (χ1n) is 13.2. The van der Waals surface area contributed by atoms with Gasteiger partial charge in [0.1, 0.15) is 23.1 Å². The van der Waals surface area contributed by atoms with Crippen LogP contribution < -0.4 is 10.6 Å². The fraction of sp³-hybridized carbons (Fsp3) is 0.667. The van der Waals surface area contributed by atoms with Crippen molar-refractivity contribution in [2.75, 3.05) is 38.0 Å². The molecule has 2 N–H and O–H groups in total. The van der Waals surface area contributed by atoms with Gasteiger partial charge in [0, 0.05) is 44.6 Å². The summed E-state index contributed by atoms with van der Waals surface area (Å²) in [5, 5.41) is 5.30. The molecule has 4 rings (SSSR count). The summed E-state index contributed by atoms with van der Waals surface area (Å²) in [5.74, 6) is -0.965. The molecule has 1 aromatic carbocycles. The monoisotopic (exact) mass is 520 g/mol. The molecule has 204 valence electrons. The van der Waals surface area contributed by atoms with E-state index in [1.54, 1.807) is 17.0 Å². The molecule has 3 aliphatic rings. The first-order valence-corrected chi connectivity index (χ1v) is 13.2. The van der Waals surface area contributed by atoms with E-state index in [-0.39, 0.29) is 36.9 Å². The predicted octanol–water partition coefficient (Wildman–Crippen LogP) is 3.96. The number of ether oxygens (including phenoxy) is 1. The number of alkyl halides is 1. The summed E-state index contributed by atoms with van der Waals surface area (Å²) in [6.45, 7) is 7.81. The third kappa shape index (κ3) is 7.18. The molecule has 0 bridgehead atoms. The number of amides is 3. The lowest BCUT2D eigenvalue weighted by Crippen LogP contribution is -2.51. The number of imide groups is 1. The first kappa shape index (κ1) is 27.3. The average Bonchev–Trinajstić information content (AvgIpc) is 2.81. The van der Waals surface area contributed by atoms with E-state index in [1.165, 1.54) is 6.07 Å². The van der Waals surface area contributed by atoms with Crippen molar-refractivity contribution in [1.29, 1.82) is 0 Å². The van der Waals surface area contributed by atoms with Crippen molar-refractivity contribution in [3.63, 3.8) is 0 Å². The number of halogens is 2. The fourth-order valence-corrected chi connectivity index (χ4v) is 5.36. The van der Waals surface area contributed by atoms with E-state index in [9.17, 15) is 18.8 Å². The molecule has 1 unspecified atom stereocenters. The number of nitrogens with zero attached hydrogens (tertiary/aromatic N) is 2. The number of hydrogen-bond donors (Lipinski definition) is 2. The van der Waals surface area contributed by atoms with Crippen LogP contribution in [0.3, 0.4) is 0 Å². The normalized spacial score (nSPS) is 23.5. The van der Waals surface area contributed by atoms with E-state index >= 15 is 4.39 Å². The standard InChI is InChI=1S/C27H38F2N4O4/c1-26(2,3)37-25(36)33-14-10-27(29,11-15-33)17-32-12-8-18(9-13-32)20-5-4-19(16-21(20)28)30-22-6-7-23(34)31-24(22)35/h4-5,16,18,22,30H,6-15,17H2,1-3H3,(H,31,34,35). The van der Waals surface area contributed by atoms with Crippen LogP contribution in [0.5, 0.6) is 0 Å². The summed E-state index contributed by atoms with van der Waals surface area (Å²) in [4.78, 5) is 39.2. The van der Waals surface area contributed by atoms with E-state index in [2.05, 4.69) is 15.5 Å². The molecule has 0 aromatic heterocycles. The van der Waals surface area contributed by atoms with Crippen LogP contribution in [0.4, 0.5) is 19.3 Å². The minimum atomic E-state index is -1.35. The van der Waals surface area contributed by atoms with Gasteiger partial charge in [-0.15, -0.1) is 0 Å². The Hall–Kier alpha value is -2.75. The Morgan fingerprint density at radius 1 is 1.14 bits per heavy atom. The zero-order chi connectivity index (χ0) is 26.8. The van der Waals surface area contributed by atoms with Gasteiger partial charge in [-0.05, 0) is 76.7 Å². The summed E-state index contributed by atoms with van der Waals surface area (Å²) in [6, 6.07) is 4.37. The van der Waals surface area contributed by atoms with Crippen LogP contribution in [0.1, 0.15) is 70.8 Å². The second-order valence-corrected chi connectivity index (χ2v) is 11.6. The van der Waals surface area contributed by atoms with Crippen LogP contribution in [-0.4, -0.2) is 77.7 Å². The number of carbonyl (C=O) groups excluding carboxylic acids is 3. The van der Waals surface area contributed by atoms with Gasteiger partial charge in [0.05, 0.1) is 0 Å². The van der Waals surface area contributed by atoms with Gasteiger partial charge in [0.15, 0.2) is 0 Å². The Morgan fingerprint density at radius 2 is 1.81 bits per heavy atom. The number of nitrogens with one attached hydrogen (secondary N) is 2. The van der Waals surface area contributed by atoms with Gasteiger partial charge >= 0.3 is 6.09 Å². The average molecular weight is 521 g/mol. The third-order valence-electron chi connectivity index (χ3n) is 7.43. The number of rotatable bonds is 5. The molecule has 0 aliphatic carbocycles. The lowest BCUT2D eigenvalue weighted by molar-refractivity contribution is -0.133. The molecule has 0 radical (unpaired) electrons. The van der Waals surface area contributed by atoms with Crippen LogP contribution in [0, 0.1) is 5.82 Å². The van der Waals surface area contributed by atoms with Crippen molar-refractivity contribution in [1.82, 2.24) is 15.1 Å². The van der Waals surface area contributed by atoms with E-state index in [4.69, 9.17) is 4.74 Å². The fourth-order valence-electron chi connectivity index (χ4n) is 5.36. The van der Waals surface area contributed by atoms with E-state index < -0.39 is 29.3 Å². The lowest BCUT2D eigenvalue weighted by Gasteiger charge is -2.41. The molecule has 3 amide bonds. The molecule has 1 aromatic rings. The molecule has 0 spiro atoms. The third-order valence-corrected chi connectivity index (χ3v) is 7.43. The van der Waals surface area contributed by atoms with Crippen LogP contribution >= 0.6 is 0 Å². The molecular weight excluding hydrogens is 482 g/mol. The quantitative estimate of drug-likeness (QED) is 0.572. The Balaban J connectivity index is 1.25. The Bertz CT molecular complexity index is 1010. The van der Waals surface area contributed by atoms with Crippen LogP contribution in [0.15, 0.2) is 18.2 Å². The highest BCUT2D eigenvalue weighted by Gasteiger charge is 2.39. The molecular formula is C27H38F2N4O4. The maximum absolute atomic E-state index is 15.6. The van der Waals surface area contributed by atoms with Crippen molar-refractivity contribution >= 4 is 23.6 Å². The largest absolute Gasteiger partial charge is 0.444 e. The molecule has 3 aliphatic heterocycles. The van der Waals surface area contributed by atoms with Gasteiger partial charge in [-0.1, -0.05) is 6.07 Å². The number of likely N-dealkylation sites (tertiary alicyclic amines) is 2. The molecule has 37 heavy (non-hydrogen) atoms. The van der Waals surface area contributed by atoms with Gasteiger partial charge in [-0.2, -0.15) is 0 Å². The molecule has 3 saturated heterocycles. The second-order valence-electron chi connectivity index (χ2n) is 11.6. The van der Waals surface area contributed by atoms with Crippen molar-refractivity contribution in [2.24, 2.45) is 0 Å². The number of piperidine rings is 3. The molecule has 10 heteroatoms. The summed E-state index contributed by atoms with van der Waals surface area (Å²) in [5.41, 5.74) is -0.783. The Morgan fingerprint density at radius 3 is 2.41 bits per heavy atom. The summed E-state index contributed by atoms with van der Waals surface area (Å²) in [6.07, 6.45) is 2.26. The van der Waals surface area contributed by atoms with Crippen molar-refractivity contribution in [3.8, 4) is 0 Å². The molecule has 8 nitrogen and oxygen atoms in total. The number of hydrogen-bond acceptors (Lipinski definition) is 6. The van der Waals surface area contributed by atoms with Crippen LogP contribution in [0.25, 0.3) is 0 Å². The maximum atomic E-state index is 15.6. The van der Waals surface area contributed by atoms with Crippen LogP contribution in [-0.2, 0) is 14.3 Å². The predicted molar refractivity (Wildman–Crippen MR) is 135 cm³/mol. The van der Waals surface area contributed by atoms with E-state index in [0.717, 1.165) is 12.8 Å². The Kier molecular flexibility index (Phi) is 8.06. The van der Waals surface area contributed by atoms with Gasteiger partial charge in [-0.3, -0.25) is 14.9 Å². The number of carbonyl (C=O) groups is 3. The summed E-state index contributed by atoms with van der Waals surface area (Å²) < 4.78 is 35.9. The molecule has 3 fully saturated rings. The molecule has 1 atom stereocenters. The minimum Gasteiger partial charge on any atom is -0.444 e. The van der Waals surface area contributed by atoms with E-state index in [0.29, 0.717) is 50.4 Å². The smallest absolute Gasteiger partial charge is 0.410 e. The maximum Gasteiger partial charge on any atom is 0.410 e. The molecule has 3 heterocycles. The van der Waals surface area contributed by atoms with Gasteiger partial charge in [0.25, 0.3) is 0 Å². The van der Waals surface area contributed by atoms with Crippen molar-refractivity contribution in [2.45, 2.75) is 82.5 Å². The second kappa shape index (κ2) is 10.9. The van der Waals surface area contributed by atoms with Crippen molar-refractivity contribution in [3.05, 3.63) is 29.6 Å². The number of benzene rings is 1. The zero-order valence-electron chi connectivity index (χ0n) is 21.9. The number of anilines is 1. The first-order chi connectivity index (χ1) is 17.4. The topological polar surface area (TPSA) is 91.0 Å². The van der Waals surface area contributed by atoms with Gasteiger partial charge < -0.3 is 19.9 Å².